The van der Waals surface area contributed by atoms with Crippen molar-refractivity contribution < 1.29 is 0 Å². The summed E-state index contributed by atoms with van der Waals surface area (Å²) in [6, 6.07) is 0.578. The minimum atomic E-state index is 0.578. The fourth-order valence-corrected chi connectivity index (χ4v) is 4.03. The van der Waals surface area contributed by atoms with E-state index in [0.29, 0.717) is 6.04 Å². The van der Waals surface area contributed by atoms with Crippen LogP contribution >= 0.6 is 11.3 Å². The maximum atomic E-state index is 4.80. The highest BCUT2D eigenvalue weighted by molar-refractivity contribution is 7.11. The Morgan fingerprint density at radius 3 is 2.78 bits per heavy atom. The Morgan fingerprint density at radius 2 is 2.17 bits per heavy atom. The zero-order valence-electron chi connectivity index (χ0n) is 14.2. The fourth-order valence-electron chi connectivity index (χ4n) is 3.24. The third-order valence-corrected chi connectivity index (χ3v) is 5.47. The number of piperazine rings is 3. The molecule has 4 rings (SSSR count). The predicted molar refractivity (Wildman–Crippen MR) is 96.3 cm³/mol. The van der Waals surface area contributed by atoms with Crippen molar-refractivity contribution in [1.82, 2.24) is 25.4 Å². The van der Waals surface area contributed by atoms with Crippen molar-refractivity contribution in [2.75, 3.05) is 52.4 Å². The van der Waals surface area contributed by atoms with Crippen LogP contribution < -0.4 is 10.6 Å². The van der Waals surface area contributed by atoms with Gasteiger partial charge in [-0.05, 0) is 13.8 Å². The standard InChI is InChI=1S/C16H28N6S/c1-3-17-16(18-5-4-15-19-10-13(2)23-15)20-11-14-12-21-6-8-22(14)9-7-21/h10,14H,3-9,11-12H2,1-2H3,(H2,17,18,20). The van der Waals surface area contributed by atoms with Crippen LogP contribution in [0.3, 0.4) is 0 Å². The van der Waals surface area contributed by atoms with Gasteiger partial charge in [0.05, 0.1) is 11.6 Å². The molecule has 0 amide bonds. The molecule has 2 N–H and O–H groups in total. The topological polar surface area (TPSA) is 55.8 Å². The van der Waals surface area contributed by atoms with Gasteiger partial charge in [-0.3, -0.25) is 14.8 Å². The molecule has 1 unspecified atom stereocenters. The highest BCUT2D eigenvalue weighted by Crippen LogP contribution is 2.15. The van der Waals surface area contributed by atoms with Crippen LogP contribution in [0.4, 0.5) is 0 Å². The van der Waals surface area contributed by atoms with Gasteiger partial charge >= 0.3 is 0 Å². The molecule has 1 aromatic rings. The minimum absolute atomic E-state index is 0.578. The fraction of sp³-hybridized carbons (Fsp3) is 0.750. The molecule has 0 saturated carbocycles. The molecule has 0 aliphatic carbocycles. The third-order valence-electron chi connectivity index (χ3n) is 4.50. The van der Waals surface area contributed by atoms with Crippen molar-refractivity contribution in [3.05, 3.63) is 16.1 Å². The molecule has 3 fully saturated rings. The van der Waals surface area contributed by atoms with E-state index < -0.39 is 0 Å². The number of aliphatic imine (C=N–C) groups is 1. The second kappa shape index (κ2) is 8.08. The van der Waals surface area contributed by atoms with Gasteiger partial charge in [-0.2, -0.15) is 0 Å². The lowest BCUT2D eigenvalue weighted by Gasteiger charge is -2.47. The molecule has 2 bridgehead atoms. The summed E-state index contributed by atoms with van der Waals surface area (Å²) in [4.78, 5) is 15.6. The third kappa shape index (κ3) is 4.65. The molecule has 4 heterocycles. The predicted octanol–water partition coefficient (Wildman–Crippen LogP) is 0.549. The molecule has 0 aromatic carbocycles. The number of hydrogen-bond acceptors (Lipinski definition) is 5. The molecule has 128 valence electrons. The Hall–Kier alpha value is -1.18. The smallest absolute Gasteiger partial charge is 0.191 e. The highest BCUT2D eigenvalue weighted by atomic mass is 32.1. The van der Waals surface area contributed by atoms with Crippen molar-refractivity contribution >= 4 is 17.3 Å². The molecule has 3 aliphatic rings. The van der Waals surface area contributed by atoms with Crippen LogP contribution in [0.25, 0.3) is 0 Å². The molecule has 0 spiro atoms. The van der Waals surface area contributed by atoms with Crippen molar-refractivity contribution in [1.29, 1.82) is 0 Å². The molecule has 1 aromatic heterocycles. The van der Waals surface area contributed by atoms with E-state index in [1.165, 1.54) is 42.6 Å². The molecule has 7 heteroatoms. The monoisotopic (exact) mass is 336 g/mol. The summed E-state index contributed by atoms with van der Waals surface area (Å²) in [7, 11) is 0. The van der Waals surface area contributed by atoms with Crippen molar-refractivity contribution in [2.45, 2.75) is 26.3 Å². The van der Waals surface area contributed by atoms with Gasteiger partial charge in [0.15, 0.2) is 5.96 Å². The normalized spacial score (nSPS) is 27.2. The summed E-state index contributed by atoms with van der Waals surface area (Å²) in [6.45, 7) is 12.9. The largest absolute Gasteiger partial charge is 0.357 e. The molecular formula is C16H28N6S. The van der Waals surface area contributed by atoms with Gasteiger partial charge in [0.25, 0.3) is 0 Å². The number of aryl methyl sites for hydroxylation is 1. The summed E-state index contributed by atoms with van der Waals surface area (Å²) >= 11 is 1.77. The van der Waals surface area contributed by atoms with Crippen LogP contribution in [-0.4, -0.2) is 79.1 Å². The van der Waals surface area contributed by atoms with E-state index >= 15 is 0 Å². The lowest BCUT2D eigenvalue weighted by Crippen LogP contribution is -2.62. The molecular weight excluding hydrogens is 308 g/mol. The number of nitrogens with zero attached hydrogens (tertiary/aromatic N) is 4. The second-order valence-corrected chi connectivity index (χ2v) is 7.57. The van der Waals surface area contributed by atoms with Crippen LogP contribution in [0.5, 0.6) is 0 Å². The average molecular weight is 337 g/mol. The summed E-state index contributed by atoms with van der Waals surface area (Å²) in [5.41, 5.74) is 0. The maximum absolute atomic E-state index is 4.80. The van der Waals surface area contributed by atoms with Crippen LogP contribution in [0.2, 0.25) is 0 Å². The summed E-state index contributed by atoms with van der Waals surface area (Å²) < 4.78 is 0. The van der Waals surface area contributed by atoms with E-state index in [1.807, 2.05) is 6.20 Å². The Kier molecular flexibility index (Phi) is 5.85. The maximum Gasteiger partial charge on any atom is 0.191 e. The van der Waals surface area contributed by atoms with E-state index in [1.54, 1.807) is 11.3 Å². The number of hydrogen-bond donors (Lipinski definition) is 2. The van der Waals surface area contributed by atoms with Gasteiger partial charge in [-0.25, -0.2) is 4.98 Å². The first-order chi connectivity index (χ1) is 11.2. The molecule has 3 aliphatic heterocycles. The first-order valence-electron chi connectivity index (χ1n) is 8.64. The number of thiazole rings is 1. The first-order valence-corrected chi connectivity index (χ1v) is 9.46. The molecule has 3 saturated heterocycles. The summed E-state index contributed by atoms with van der Waals surface area (Å²) in [5, 5.41) is 7.97. The Bertz CT molecular complexity index is 520. The lowest BCUT2D eigenvalue weighted by atomic mass is 10.1. The van der Waals surface area contributed by atoms with Gasteiger partial charge in [-0.1, -0.05) is 0 Å². The van der Waals surface area contributed by atoms with E-state index in [-0.39, 0.29) is 0 Å². The van der Waals surface area contributed by atoms with Gasteiger partial charge in [0.1, 0.15) is 0 Å². The number of rotatable bonds is 6. The number of fused-ring (bicyclic) bond motifs is 3. The summed E-state index contributed by atoms with van der Waals surface area (Å²) in [5.74, 6) is 0.929. The van der Waals surface area contributed by atoms with Gasteiger partial charge in [0.2, 0.25) is 0 Å². The van der Waals surface area contributed by atoms with Crippen LogP contribution in [-0.2, 0) is 6.42 Å². The Labute approximate surface area is 143 Å². The van der Waals surface area contributed by atoms with E-state index in [2.05, 4.69) is 39.3 Å². The lowest BCUT2D eigenvalue weighted by molar-refractivity contribution is 0.0174. The zero-order valence-corrected chi connectivity index (χ0v) is 15.0. The van der Waals surface area contributed by atoms with Gasteiger partial charge in [-0.15, -0.1) is 11.3 Å². The van der Waals surface area contributed by atoms with Crippen molar-refractivity contribution in [3.63, 3.8) is 0 Å². The van der Waals surface area contributed by atoms with Crippen molar-refractivity contribution in [2.24, 2.45) is 4.99 Å². The van der Waals surface area contributed by atoms with Gasteiger partial charge < -0.3 is 10.6 Å². The van der Waals surface area contributed by atoms with Crippen LogP contribution in [0.15, 0.2) is 11.2 Å². The molecule has 6 nitrogen and oxygen atoms in total. The quantitative estimate of drug-likeness (QED) is 0.587. The molecule has 0 radical (unpaired) electrons. The minimum Gasteiger partial charge on any atom is -0.357 e. The number of nitrogens with one attached hydrogen (secondary N) is 2. The van der Waals surface area contributed by atoms with E-state index in [0.717, 1.165) is 32.0 Å². The van der Waals surface area contributed by atoms with Gasteiger partial charge in [0, 0.05) is 69.3 Å². The van der Waals surface area contributed by atoms with E-state index in [4.69, 9.17) is 4.99 Å². The number of guanidine groups is 1. The first kappa shape index (κ1) is 16.7. The Balaban J connectivity index is 1.47. The van der Waals surface area contributed by atoms with E-state index in [9.17, 15) is 0 Å². The second-order valence-electron chi connectivity index (χ2n) is 6.25. The average Bonchev–Trinajstić information content (AvgIpc) is 2.99. The number of aromatic nitrogens is 1. The molecule has 23 heavy (non-hydrogen) atoms. The summed E-state index contributed by atoms with van der Waals surface area (Å²) in [6.07, 6.45) is 2.90. The zero-order chi connectivity index (χ0) is 16.1. The Morgan fingerprint density at radius 1 is 1.35 bits per heavy atom. The highest BCUT2D eigenvalue weighted by Gasteiger charge is 2.31. The van der Waals surface area contributed by atoms with Crippen molar-refractivity contribution in [3.8, 4) is 0 Å². The molecule has 1 atom stereocenters. The SMILES string of the molecule is CCNC(=NCC1CN2CCN1CC2)NCCc1ncc(C)s1. The van der Waals surface area contributed by atoms with Crippen LogP contribution in [0.1, 0.15) is 16.8 Å². The van der Waals surface area contributed by atoms with Crippen LogP contribution in [0, 0.1) is 6.92 Å².